The number of nitrogens with one attached hydrogen (secondary N) is 1. The largest absolute Gasteiger partial charge is 0.497 e. The van der Waals surface area contributed by atoms with E-state index in [4.69, 9.17) is 16.3 Å². The smallest absolute Gasteiger partial charge is 0.242 e. The Bertz CT molecular complexity index is 576. The number of aliphatic hydroxyl groups is 1. The third-order valence-corrected chi connectivity index (χ3v) is 5.49. The minimum Gasteiger partial charge on any atom is -0.497 e. The van der Waals surface area contributed by atoms with Gasteiger partial charge in [-0.05, 0) is 30.9 Å². The van der Waals surface area contributed by atoms with Gasteiger partial charge in [0.2, 0.25) is 10.0 Å². The lowest BCUT2D eigenvalue weighted by atomic mass is 10.1. The minimum absolute atomic E-state index is 0.0208. The molecule has 7 heteroatoms. The van der Waals surface area contributed by atoms with Crippen molar-refractivity contribution >= 4 is 21.6 Å². The van der Waals surface area contributed by atoms with Gasteiger partial charge >= 0.3 is 0 Å². The van der Waals surface area contributed by atoms with E-state index >= 15 is 0 Å². The molecule has 0 saturated heterocycles. The maximum absolute atomic E-state index is 12.2. The predicted octanol–water partition coefficient (Wildman–Crippen LogP) is 1.79. The topological polar surface area (TPSA) is 75.6 Å². The number of hydrogen-bond acceptors (Lipinski definition) is 4. The quantitative estimate of drug-likeness (QED) is 0.867. The molecule has 112 valence electrons. The van der Waals surface area contributed by atoms with Crippen LogP contribution in [0.1, 0.15) is 19.3 Å². The van der Waals surface area contributed by atoms with Crippen LogP contribution in [0, 0.1) is 5.92 Å². The Hall–Kier alpha value is -0.820. The van der Waals surface area contributed by atoms with E-state index in [1.807, 2.05) is 0 Å². The highest BCUT2D eigenvalue weighted by molar-refractivity contribution is 7.89. The number of aliphatic hydroxyl groups excluding tert-OH is 1. The van der Waals surface area contributed by atoms with Crippen LogP contribution in [0.3, 0.4) is 0 Å². The zero-order chi connectivity index (χ0) is 14.8. The molecule has 0 amide bonds. The van der Waals surface area contributed by atoms with Gasteiger partial charge in [-0.15, -0.1) is 0 Å². The van der Waals surface area contributed by atoms with Crippen molar-refractivity contribution in [3.8, 4) is 5.75 Å². The van der Waals surface area contributed by atoms with Crippen molar-refractivity contribution in [3.63, 3.8) is 0 Å². The van der Waals surface area contributed by atoms with Crippen LogP contribution in [0.25, 0.3) is 0 Å². The monoisotopic (exact) mass is 319 g/mol. The molecule has 0 radical (unpaired) electrons. The van der Waals surface area contributed by atoms with Crippen LogP contribution < -0.4 is 9.46 Å². The van der Waals surface area contributed by atoms with Crippen LogP contribution >= 0.6 is 11.6 Å². The van der Waals surface area contributed by atoms with Crippen LogP contribution in [-0.4, -0.2) is 33.3 Å². The molecule has 1 aliphatic rings. The molecule has 0 aliphatic heterocycles. The average molecular weight is 320 g/mol. The van der Waals surface area contributed by atoms with E-state index in [1.165, 1.54) is 19.2 Å². The number of sulfonamides is 1. The summed E-state index contributed by atoms with van der Waals surface area (Å²) >= 11 is 5.97. The summed E-state index contributed by atoms with van der Waals surface area (Å²) in [4.78, 5) is 0.0208. The maximum atomic E-state index is 12.2. The van der Waals surface area contributed by atoms with E-state index in [0.717, 1.165) is 19.3 Å². The number of rotatable bonds is 5. The highest BCUT2D eigenvalue weighted by atomic mass is 35.5. The van der Waals surface area contributed by atoms with E-state index in [9.17, 15) is 13.5 Å². The van der Waals surface area contributed by atoms with Crippen molar-refractivity contribution in [2.24, 2.45) is 5.92 Å². The molecule has 2 atom stereocenters. The molecule has 5 nitrogen and oxygen atoms in total. The first-order chi connectivity index (χ1) is 9.44. The summed E-state index contributed by atoms with van der Waals surface area (Å²) in [6.07, 6.45) is 2.07. The Morgan fingerprint density at radius 3 is 2.75 bits per heavy atom. The lowest BCUT2D eigenvalue weighted by Crippen LogP contribution is -2.32. The van der Waals surface area contributed by atoms with Gasteiger partial charge in [-0.1, -0.05) is 18.0 Å². The van der Waals surface area contributed by atoms with Gasteiger partial charge in [0.1, 0.15) is 10.6 Å². The number of methoxy groups -OCH3 is 1. The van der Waals surface area contributed by atoms with Gasteiger partial charge in [0.15, 0.2) is 0 Å². The van der Waals surface area contributed by atoms with Gasteiger partial charge in [0.25, 0.3) is 0 Å². The number of halogens is 1. The van der Waals surface area contributed by atoms with E-state index < -0.39 is 16.1 Å². The Labute approximate surface area is 124 Å². The summed E-state index contributed by atoms with van der Waals surface area (Å²) in [5, 5.41) is 9.82. The minimum atomic E-state index is -3.68. The van der Waals surface area contributed by atoms with E-state index in [1.54, 1.807) is 6.07 Å². The predicted molar refractivity (Wildman–Crippen MR) is 76.5 cm³/mol. The van der Waals surface area contributed by atoms with Gasteiger partial charge in [-0.25, -0.2) is 13.1 Å². The van der Waals surface area contributed by atoms with Gasteiger partial charge in [-0.2, -0.15) is 0 Å². The highest BCUT2D eigenvalue weighted by Gasteiger charge is 2.27. The lowest BCUT2D eigenvalue weighted by molar-refractivity contribution is 0.134. The van der Waals surface area contributed by atoms with E-state index in [0.29, 0.717) is 5.75 Å². The fourth-order valence-corrected chi connectivity index (χ4v) is 4.00. The Kier molecular flexibility index (Phi) is 4.90. The molecular formula is C13H18ClNO4S. The third kappa shape index (κ3) is 3.44. The second-order valence-corrected chi connectivity index (χ2v) is 7.05. The van der Waals surface area contributed by atoms with Crippen molar-refractivity contribution in [2.45, 2.75) is 30.3 Å². The summed E-state index contributed by atoms with van der Waals surface area (Å²) in [5.74, 6) is 0.474. The molecule has 0 spiro atoms. The molecule has 0 aromatic heterocycles. The van der Waals surface area contributed by atoms with Gasteiger partial charge in [0.05, 0.1) is 18.2 Å². The first kappa shape index (κ1) is 15.6. The zero-order valence-corrected chi connectivity index (χ0v) is 12.7. The second-order valence-electron chi connectivity index (χ2n) is 4.91. The second kappa shape index (κ2) is 6.30. The molecule has 2 rings (SSSR count). The molecule has 1 aromatic carbocycles. The van der Waals surface area contributed by atoms with Gasteiger partial charge in [0, 0.05) is 12.6 Å². The standard InChI is InChI=1S/C13H18ClNO4S/c1-19-10-5-6-13(11(14)7-10)20(17,18)15-8-9-3-2-4-12(9)16/h5-7,9,12,15-16H,2-4,8H2,1H3/t9-,12+/m1/s1. The summed E-state index contributed by atoms with van der Waals surface area (Å²) < 4.78 is 31.9. The van der Waals surface area contributed by atoms with Gasteiger partial charge < -0.3 is 9.84 Å². The van der Waals surface area contributed by atoms with Crippen LogP contribution in [0.2, 0.25) is 5.02 Å². The van der Waals surface area contributed by atoms with Gasteiger partial charge in [-0.3, -0.25) is 0 Å². The maximum Gasteiger partial charge on any atom is 0.242 e. The van der Waals surface area contributed by atoms with Crippen molar-refractivity contribution in [2.75, 3.05) is 13.7 Å². The van der Waals surface area contributed by atoms with Crippen molar-refractivity contribution in [1.29, 1.82) is 0 Å². The summed E-state index contributed by atoms with van der Waals surface area (Å²) in [6, 6.07) is 4.42. The molecule has 1 aromatic rings. The summed E-state index contributed by atoms with van der Waals surface area (Å²) in [6.45, 7) is 0.228. The first-order valence-electron chi connectivity index (χ1n) is 6.45. The fourth-order valence-electron chi connectivity index (χ4n) is 2.38. The SMILES string of the molecule is COc1ccc(S(=O)(=O)NC[C@H]2CCC[C@@H]2O)c(Cl)c1. The van der Waals surface area contributed by atoms with Crippen molar-refractivity contribution in [3.05, 3.63) is 23.2 Å². The normalized spacial score (nSPS) is 22.9. The lowest BCUT2D eigenvalue weighted by Gasteiger charge is -2.16. The molecule has 2 N–H and O–H groups in total. The molecule has 0 heterocycles. The van der Waals surface area contributed by atoms with Crippen molar-refractivity contribution < 1.29 is 18.3 Å². The fraction of sp³-hybridized carbons (Fsp3) is 0.538. The molecule has 1 aliphatic carbocycles. The molecule has 20 heavy (non-hydrogen) atoms. The van der Waals surface area contributed by atoms with Crippen LogP contribution in [-0.2, 0) is 10.0 Å². The van der Waals surface area contributed by atoms with Crippen LogP contribution in [0.4, 0.5) is 0 Å². The number of benzene rings is 1. The zero-order valence-electron chi connectivity index (χ0n) is 11.2. The highest BCUT2D eigenvalue weighted by Crippen LogP contribution is 2.28. The Morgan fingerprint density at radius 1 is 1.45 bits per heavy atom. The molecule has 1 fully saturated rings. The van der Waals surface area contributed by atoms with Crippen LogP contribution in [0.5, 0.6) is 5.75 Å². The Balaban J connectivity index is 2.10. The molecule has 0 unspecified atom stereocenters. The molecule has 1 saturated carbocycles. The van der Waals surface area contributed by atoms with Crippen molar-refractivity contribution in [1.82, 2.24) is 4.72 Å². The summed E-state index contributed by atoms with van der Waals surface area (Å²) in [7, 11) is -2.19. The van der Waals surface area contributed by atoms with E-state index in [-0.39, 0.29) is 22.4 Å². The number of hydrogen-bond donors (Lipinski definition) is 2. The average Bonchev–Trinajstić information content (AvgIpc) is 2.81. The third-order valence-electron chi connectivity index (χ3n) is 3.58. The molecule has 0 bridgehead atoms. The Morgan fingerprint density at radius 2 is 2.20 bits per heavy atom. The first-order valence-corrected chi connectivity index (χ1v) is 8.31. The number of ether oxygens (including phenoxy) is 1. The molecular weight excluding hydrogens is 302 g/mol. The van der Waals surface area contributed by atoms with E-state index in [2.05, 4.69) is 4.72 Å². The van der Waals surface area contributed by atoms with Crippen LogP contribution in [0.15, 0.2) is 23.1 Å². The summed E-state index contributed by atoms with van der Waals surface area (Å²) in [5.41, 5.74) is 0.